The third-order valence-corrected chi connectivity index (χ3v) is 8.62. The quantitative estimate of drug-likeness (QED) is 0.668. The van der Waals surface area contributed by atoms with Gasteiger partial charge in [-0.2, -0.15) is 0 Å². The highest BCUT2D eigenvalue weighted by Crippen LogP contribution is 2.71. The van der Waals surface area contributed by atoms with E-state index in [2.05, 4.69) is 24.9 Å². The van der Waals surface area contributed by atoms with Gasteiger partial charge in [0.15, 0.2) is 0 Å². The summed E-state index contributed by atoms with van der Waals surface area (Å²) in [4.78, 5) is 17.6. The first kappa shape index (κ1) is 21.3. The second-order valence-electron chi connectivity index (χ2n) is 10.1. The molecule has 168 valence electrons. The minimum atomic E-state index is -0.602. The standard InChI is InChI=1S/C27H30FNO3/c1-16-12-26-13-21(30)14-27(26,18(3)32-25(26)31)23(17(16)2)11-10-20-9-8-19(15-29-20)22-6-4-5-7-24(22)28/h4-11,15-18,21,23,30H,12-14H2,1-3H3/b11-10+/t16-,17+,18+,21+,23-,26+,27-/m0/s1. The summed E-state index contributed by atoms with van der Waals surface area (Å²) in [7, 11) is 0. The number of aliphatic hydroxyl groups is 1. The summed E-state index contributed by atoms with van der Waals surface area (Å²) < 4.78 is 19.9. The van der Waals surface area contributed by atoms with Gasteiger partial charge in [0.2, 0.25) is 0 Å². The minimum absolute atomic E-state index is 0.0953. The van der Waals surface area contributed by atoms with Gasteiger partial charge in [0, 0.05) is 22.7 Å². The number of carbonyl (C=O) groups is 1. The highest BCUT2D eigenvalue weighted by atomic mass is 19.1. The third kappa shape index (κ3) is 2.90. The summed E-state index contributed by atoms with van der Waals surface area (Å²) in [5.74, 6) is 0.387. The zero-order valence-corrected chi connectivity index (χ0v) is 18.8. The van der Waals surface area contributed by atoms with Gasteiger partial charge in [-0.05, 0) is 62.1 Å². The van der Waals surface area contributed by atoms with Crippen molar-refractivity contribution in [2.75, 3.05) is 0 Å². The summed E-state index contributed by atoms with van der Waals surface area (Å²) in [6, 6.07) is 10.4. The van der Waals surface area contributed by atoms with Gasteiger partial charge < -0.3 is 9.84 Å². The largest absolute Gasteiger partial charge is 0.462 e. The maximum Gasteiger partial charge on any atom is 0.313 e. The van der Waals surface area contributed by atoms with Crippen LogP contribution in [0.4, 0.5) is 4.39 Å². The molecule has 5 rings (SSSR count). The lowest BCUT2D eigenvalue weighted by molar-refractivity contribution is -0.151. The van der Waals surface area contributed by atoms with Crippen molar-refractivity contribution in [3.05, 3.63) is 60.2 Å². The van der Waals surface area contributed by atoms with E-state index in [-0.39, 0.29) is 29.2 Å². The lowest BCUT2D eigenvalue weighted by Gasteiger charge is -2.52. The maximum atomic E-state index is 14.1. The van der Waals surface area contributed by atoms with E-state index in [0.717, 1.165) is 17.7 Å². The Labute approximate surface area is 188 Å². The molecule has 5 heteroatoms. The average molecular weight is 436 g/mol. The smallest absolute Gasteiger partial charge is 0.313 e. The van der Waals surface area contributed by atoms with Crippen molar-refractivity contribution in [1.29, 1.82) is 0 Å². The Morgan fingerprint density at radius 1 is 1.12 bits per heavy atom. The molecule has 1 N–H and O–H groups in total. The number of rotatable bonds is 3. The Morgan fingerprint density at radius 3 is 2.62 bits per heavy atom. The van der Waals surface area contributed by atoms with Crippen molar-refractivity contribution >= 4 is 12.0 Å². The molecule has 7 atom stereocenters. The first-order valence-corrected chi connectivity index (χ1v) is 11.6. The Kier molecular flexibility index (Phi) is 5.01. The van der Waals surface area contributed by atoms with Gasteiger partial charge in [-0.25, -0.2) is 4.39 Å². The van der Waals surface area contributed by atoms with Crippen LogP contribution in [0.1, 0.15) is 45.7 Å². The molecule has 2 aromatic rings. The van der Waals surface area contributed by atoms with E-state index in [4.69, 9.17) is 4.74 Å². The van der Waals surface area contributed by atoms with Crippen LogP contribution < -0.4 is 0 Å². The van der Waals surface area contributed by atoms with Crippen LogP contribution in [0, 0.1) is 34.4 Å². The number of cyclic esters (lactones) is 1. The predicted octanol–water partition coefficient (Wildman–Crippen LogP) is 5.27. The van der Waals surface area contributed by atoms with Crippen LogP contribution in [-0.2, 0) is 9.53 Å². The first-order chi connectivity index (χ1) is 15.3. The monoisotopic (exact) mass is 435 g/mol. The highest BCUT2D eigenvalue weighted by Gasteiger charge is 2.75. The van der Waals surface area contributed by atoms with E-state index in [9.17, 15) is 14.3 Å². The second-order valence-corrected chi connectivity index (χ2v) is 10.1. The number of aromatic nitrogens is 1. The van der Waals surface area contributed by atoms with Crippen LogP contribution in [-0.4, -0.2) is 28.3 Å². The van der Waals surface area contributed by atoms with E-state index in [0.29, 0.717) is 30.2 Å². The molecule has 32 heavy (non-hydrogen) atoms. The Hall–Kier alpha value is -2.53. The number of benzene rings is 1. The van der Waals surface area contributed by atoms with Gasteiger partial charge in [0.1, 0.15) is 11.9 Å². The van der Waals surface area contributed by atoms with Crippen LogP contribution in [0.5, 0.6) is 0 Å². The number of hydrogen-bond acceptors (Lipinski definition) is 4. The molecule has 1 aliphatic heterocycles. The molecule has 1 aromatic carbocycles. The minimum Gasteiger partial charge on any atom is -0.462 e. The van der Waals surface area contributed by atoms with E-state index in [1.165, 1.54) is 6.07 Å². The summed E-state index contributed by atoms with van der Waals surface area (Å²) in [5, 5.41) is 10.7. The average Bonchev–Trinajstić information content (AvgIpc) is 3.17. The van der Waals surface area contributed by atoms with Crippen molar-refractivity contribution in [3.8, 4) is 11.1 Å². The summed E-state index contributed by atoms with van der Waals surface area (Å²) in [6.07, 6.45) is 7.02. The zero-order chi connectivity index (χ0) is 22.7. The molecule has 0 amide bonds. The Balaban J connectivity index is 1.49. The van der Waals surface area contributed by atoms with Gasteiger partial charge >= 0.3 is 5.97 Å². The number of hydrogen-bond donors (Lipinski definition) is 1. The van der Waals surface area contributed by atoms with E-state index in [1.54, 1.807) is 18.3 Å². The number of carbonyl (C=O) groups excluding carboxylic acids is 1. The van der Waals surface area contributed by atoms with Gasteiger partial charge in [-0.3, -0.25) is 9.78 Å². The number of nitrogens with zero attached hydrogens (tertiary/aromatic N) is 1. The van der Waals surface area contributed by atoms with E-state index in [1.807, 2.05) is 31.2 Å². The molecule has 2 saturated carbocycles. The summed E-state index contributed by atoms with van der Waals surface area (Å²) >= 11 is 0. The zero-order valence-electron chi connectivity index (χ0n) is 18.8. The summed E-state index contributed by atoms with van der Waals surface area (Å²) in [5.41, 5.74) is 1.06. The fourth-order valence-corrected chi connectivity index (χ4v) is 7.01. The third-order valence-electron chi connectivity index (χ3n) is 8.62. The lowest BCUT2D eigenvalue weighted by atomic mass is 9.47. The topological polar surface area (TPSA) is 59.4 Å². The van der Waals surface area contributed by atoms with E-state index >= 15 is 0 Å². The first-order valence-electron chi connectivity index (χ1n) is 11.6. The number of aliphatic hydroxyl groups excluding tert-OH is 1. The Morgan fingerprint density at radius 2 is 1.91 bits per heavy atom. The molecule has 3 fully saturated rings. The molecule has 0 spiro atoms. The molecule has 0 radical (unpaired) electrons. The second kappa shape index (κ2) is 7.51. The number of pyridine rings is 1. The SMILES string of the molecule is C[C@@H]1[C@@H](C)C[C@]23C[C@@H](O)C[C@]2([C@@H](C)OC3=O)[C@H]1/C=C/c1ccc(-c2ccccc2F)cn1. The van der Waals surface area contributed by atoms with Crippen LogP contribution in [0.25, 0.3) is 17.2 Å². The van der Waals surface area contributed by atoms with Crippen molar-refractivity contribution < 1.29 is 19.0 Å². The molecule has 1 aromatic heterocycles. The van der Waals surface area contributed by atoms with Crippen molar-refractivity contribution in [1.82, 2.24) is 4.98 Å². The number of esters is 1. The number of halogens is 1. The van der Waals surface area contributed by atoms with Crippen molar-refractivity contribution in [2.45, 2.75) is 52.2 Å². The maximum absolute atomic E-state index is 14.1. The molecule has 2 heterocycles. The van der Waals surface area contributed by atoms with Crippen molar-refractivity contribution in [3.63, 3.8) is 0 Å². The molecule has 4 nitrogen and oxygen atoms in total. The number of allylic oxidation sites excluding steroid dienone is 1. The molecule has 3 aliphatic rings. The fourth-order valence-electron chi connectivity index (χ4n) is 7.01. The fraction of sp³-hybridized carbons (Fsp3) is 0.481. The summed E-state index contributed by atoms with van der Waals surface area (Å²) in [6.45, 7) is 6.43. The van der Waals surface area contributed by atoms with Crippen molar-refractivity contribution in [2.24, 2.45) is 28.6 Å². The molecule has 2 aliphatic carbocycles. The highest BCUT2D eigenvalue weighted by molar-refractivity contribution is 5.82. The van der Waals surface area contributed by atoms with Gasteiger partial charge in [0.25, 0.3) is 0 Å². The molecule has 0 bridgehead atoms. The van der Waals surface area contributed by atoms with Gasteiger partial charge in [0.05, 0.1) is 17.2 Å². The normalized spacial score (nSPS) is 38.5. The molecular formula is C27H30FNO3. The molecule has 1 saturated heterocycles. The van der Waals surface area contributed by atoms with E-state index < -0.39 is 11.5 Å². The Bertz CT molecular complexity index is 1070. The van der Waals surface area contributed by atoms with Gasteiger partial charge in [-0.15, -0.1) is 0 Å². The lowest BCUT2D eigenvalue weighted by Crippen LogP contribution is -2.54. The van der Waals surface area contributed by atoms with Gasteiger partial charge in [-0.1, -0.05) is 44.2 Å². The molecule has 0 unspecified atom stereocenters. The van der Waals surface area contributed by atoms with Crippen LogP contribution in [0.15, 0.2) is 48.7 Å². The van der Waals surface area contributed by atoms with Crippen LogP contribution >= 0.6 is 0 Å². The number of ether oxygens (including phenoxy) is 1. The van der Waals surface area contributed by atoms with Crippen LogP contribution in [0.3, 0.4) is 0 Å². The van der Waals surface area contributed by atoms with Crippen LogP contribution in [0.2, 0.25) is 0 Å². The predicted molar refractivity (Wildman–Crippen MR) is 121 cm³/mol. The molecular weight excluding hydrogens is 405 g/mol.